The molecule has 2 N–H and O–H groups in total. The quantitative estimate of drug-likeness (QED) is 0.919. The number of oxime groups is 1. The second-order valence-corrected chi connectivity index (χ2v) is 4.51. The van der Waals surface area contributed by atoms with Gasteiger partial charge in [-0.25, -0.2) is 4.98 Å². The molecular formula is C15H13N3O2. The van der Waals surface area contributed by atoms with Gasteiger partial charge in [0.25, 0.3) is 5.91 Å². The summed E-state index contributed by atoms with van der Waals surface area (Å²) in [5.41, 5.74) is 8.43. The lowest BCUT2D eigenvalue weighted by molar-refractivity contribution is -0.127. The first kappa shape index (κ1) is 12.3. The van der Waals surface area contributed by atoms with Crippen molar-refractivity contribution < 1.29 is 9.63 Å². The van der Waals surface area contributed by atoms with Crippen LogP contribution in [-0.2, 0) is 9.63 Å². The number of hydrogen-bond acceptors (Lipinski definition) is 4. The summed E-state index contributed by atoms with van der Waals surface area (Å²) in [5, 5.41) is 3.90. The van der Waals surface area contributed by atoms with E-state index >= 15 is 0 Å². The molecule has 1 atom stereocenters. The third-order valence-corrected chi connectivity index (χ3v) is 3.10. The molecule has 1 aliphatic heterocycles. The molecule has 5 nitrogen and oxygen atoms in total. The van der Waals surface area contributed by atoms with Gasteiger partial charge in [-0.05, 0) is 12.1 Å². The number of benzene rings is 1. The van der Waals surface area contributed by atoms with E-state index in [9.17, 15) is 4.79 Å². The number of nitrogens with zero attached hydrogens (tertiary/aromatic N) is 2. The average molecular weight is 267 g/mol. The maximum Gasteiger partial charge on any atom is 0.261 e. The van der Waals surface area contributed by atoms with Gasteiger partial charge >= 0.3 is 0 Å². The van der Waals surface area contributed by atoms with Gasteiger partial charge < -0.3 is 10.6 Å². The molecule has 2 heterocycles. The van der Waals surface area contributed by atoms with E-state index in [1.54, 1.807) is 0 Å². The van der Waals surface area contributed by atoms with Crippen LogP contribution in [0, 0.1) is 0 Å². The zero-order valence-corrected chi connectivity index (χ0v) is 10.7. The average Bonchev–Trinajstić information content (AvgIpc) is 2.98. The number of primary amides is 1. The molecule has 0 saturated heterocycles. The molecule has 5 heteroatoms. The first-order valence-electron chi connectivity index (χ1n) is 6.29. The Labute approximate surface area is 116 Å². The van der Waals surface area contributed by atoms with Gasteiger partial charge in [-0.15, -0.1) is 0 Å². The van der Waals surface area contributed by atoms with Gasteiger partial charge in [0, 0.05) is 12.0 Å². The summed E-state index contributed by atoms with van der Waals surface area (Å²) < 4.78 is 0. The zero-order chi connectivity index (χ0) is 13.9. The van der Waals surface area contributed by atoms with Crippen molar-refractivity contribution in [1.82, 2.24) is 4.98 Å². The standard InChI is InChI=1S/C15H13N3O2/c16-15(19)14-9-13(18-20-14)12-8-4-7-11(17-12)10-5-2-1-3-6-10/h1-8,14H,9H2,(H2,16,19). The number of amides is 1. The first-order chi connectivity index (χ1) is 9.74. The smallest absolute Gasteiger partial charge is 0.261 e. The van der Waals surface area contributed by atoms with Crippen LogP contribution in [0.3, 0.4) is 0 Å². The van der Waals surface area contributed by atoms with Crippen LogP contribution in [0.15, 0.2) is 53.7 Å². The molecule has 20 heavy (non-hydrogen) atoms. The molecule has 0 spiro atoms. The third kappa shape index (κ3) is 2.38. The Morgan fingerprint density at radius 2 is 1.85 bits per heavy atom. The number of aromatic nitrogens is 1. The topological polar surface area (TPSA) is 77.6 Å². The van der Waals surface area contributed by atoms with Crippen molar-refractivity contribution in [2.24, 2.45) is 10.9 Å². The summed E-state index contributed by atoms with van der Waals surface area (Å²) >= 11 is 0. The Kier molecular flexibility index (Phi) is 3.16. The molecule has 1 unspecified atom stereocenters. The maximum atomic E-state index is 11.1. The fourth-order valence-corrected chi connectivity index (χ4v) is 2.05. The van der Waals surface area contributed by atoms with Gasteiger partial charge in [0.2, 0.25) is 6.10 Å². The first-order valence-corrected chi connectivity index (χ1v) is 6.29. The Morgan fingerprint density at radius 1 is 1.10 bits per heavy atom. The minimum absolute atomic E-state index is 0.362. The Balaban J connectivity index is 1.88. The summed E-state index contributed by atoms with van der Waals surface area (Å²) in [6.45, 7) is 0. The molecule has 100 valence electrons. The Morgan fingerprint density at radius 3 is 2.55 bits per heavy atom. The van der Waals surface area contributed by atoms with Crippen molar-refractivity contribution in [3.8, 4) is 11.3 Å². The van der Waals surface area contributed by atoms with Crippen molar-refractivity contribution in [3.63, 3.8) is 0 Å². The molecule has 3 rings (SSSR count). The summed E-state index contributed by atoms with van der Waals surface area (Å²) in [4.78, 5) is 20.6. The molecule has 1 aromatic carbocycles. The van der Waals surface area contributed by atoms with Crippen LogP contribution in [0.25, 0.3) is 11.3 Å². The van der Waals surface area contributed by atoms with Gasteiger partial charge in [-0.3, -0.25) is 4.79 Å². The molecule has 1 aromatic heterocycles. The van der Waals surface area contributed by atoms with E-state index in [1.807, 2.05) is 48.5 Å². The lowest BCUT2D eigenvalue weighted by Gasteiger charge is -2.04. The van der Waals surface area contributed by atoms with Crippen LogP contribution in [0.5, 0.6) is 0 Å². The van der Waals surface area contributed by atoms with E-state index in [2.05, 4.69) is 10.1 Å². The molecule has 1 amide bonds. The molecule has 0 saturated carbocycles. The van der Waals surface area contributed by atoms with Crippen molar-refractivity contribution in [2.75, 3.05) is 0 Å². The van der Waals surface area contributed by atoms with Gasteiger partial charge in [0.05, 0.1) is 11.4 Å². The number of hydrogen-bond donors (Lipinski definition) is 1. The number of carbonyl (C=O) groups excluding carboxylic acids is 1. The van der Waals surface area contributed by atoms with E-state index in [0.29, 0.717) is 17.8 Å². The minimum atomic E-state index is -0.688. The zero-order valence-electron chi connectivity index (χ0n) is 10.7. The molecule has 0 bridgehead atoms. The van der Waals surface area contributed by atoms with E-state index < -0.39 is 12.0 Å². The SMILES string of the molecule is NC(=O)C1CC(c2cccc(-c3ccccc3)n2)=NO1. The number of nitrogens with two attached hydrogens (primary N) is 1. The van der Waals surface area contributed by atoms with E-state index in [0.717, 1.165) is 11.3 Å². The van der Waals surface area contributed by atoms with Crippen LogP contribution >= 0.6 is 0 Å². The second-order valence-electron chi connectivity index (χ2n) is 4.51. The second kappa shape index (κ2) is 5.13. The highest BCUT2D eigenvalue weighted by atomic mass is 16.6. The van der Waals surface area contributed by atoms with E-state index in [1.165, 1.54) is 0 Å². The highest BCUT2D eigenvalue weighted by Gasteiger charge is 2.27. The van der Waals surface area contributed by atoms with Crippen LogP contribution in [0.2, 0.25) is 0 Å². The van der Waals surface area contributed by atoms with Crippen LogP contribution in [0.4, 0.5) is 0 Å². The monoisotopic (exact) mass is 267 g/mol. The van der Waals surface area contributed by atoms with Crippen molar-refractivity contribution in [3.05, 3.63) is 54.2 Å². The van der Waals surface area contributed by atoms with Gasteiger partial charge in [0.1, 0.15) is 5.71 Å². The third-order valence-electron chi connectivity index (χ3n) is 3.10. The fraction of sp³-hybridized carbons (Fsp3) is 0.133. The predicted molar refractivity (Wildman–Crippen MR) is 74.9 cm³/mol. The summed E-state index contributed by atoms with van der Waals surface area (Å²) in [6.07, 6.45) is -0.326. The fourth-order valence-electron chi connectivity index (χ4n) is 2.05. The van der Waals surface area contributed by atoms with Crippen LogP contribution in [0.1, 0.15) is 12.1 Å². The van der Waals surface area contributed by atoms with Crippen LogP contribution < -0.4 is 5.73 Å². The van der Waals surface area contributed by atoms with Gasteiger partial charge in [-0.2, -0.15) is 0 Å². The summed E-state index contributed by atoms with van der Waals surface area (Å²) in [7, 11) is 0. The molecule has 0 fully saturated rings. The van der Waals surface area contributed by atoms with Crippen molar-refractivity contribution in [2.45, 2.75) is 12.5 Å². The lowest BCUT2D eigenvalue weighted by atomic mass is 10.1. The van der Waals surface area contributed by atoms with E-state index in [-0.39, 0.29) is 0 Å². The largest absolute Gasteiger partial charge is 0.382 e. The highest BCUT2D eigenvalue weighted by Crippen LogP contribution is 2.20. The van der Waals surface area contributed by atoms with Crippen molar-refractivity contribution in [1.29, 1.82) is 0 Å². The molecule has 2 aromatic rings. The molecule has 0 radical (unpaired) electrons. The minimum Gasteiger partial charge on any atom is -0.382 e. The molecule has 1 aliphatic rings. The van der Waals surface area contributed by atoms with Gasteiger partial charge in [-0.1, -0.05) is 41.6 Å². The Hall–Kier alpha value is -2.69. The van der Waals surface area contributed by atoms with Gasteiger partial charge in [0.15, 0.2) is 0 Å². The normalized spacial score (nSPS) is 17.4. The highest BCUT2D eigenvalue weighted by molar-refractivity contribution is 6.02. The summed E-state index contributed by atoms with van der Waals surface area (Å²) in [6, 6.07) is 15.5. The number of rotatable bonds is 3. The maximum absolute atomic E-state index is 11.1. The molecular weight excluding hydrogens is 254 g/mol. The summed E-state index contributed by atoms with van der Waals surface area (Å²) in [5.74, 6) is -0.511. The van der Waals surface area contributed by atoms with Crippen molar-refractivity contribution >= 4 is 11.6 Å². The van der Waals surface area contributed by atoms with E-state index in [4.69, 9.17) is 10.6 Å². The number of carbonyl (C=O) groups is 1. The molecule has 0 aliphatic carbocycles. The Bertz CT molecular complexity index is 668. The number of pyridine rings is 1. The lowest BCUT2D eigenvalue weighted by Crippen LogP contribution is -2.28. The predicted octanol–water partition coefficient (Wildman–Crippen LogP) is 1.73. The van der Waals surface area contributed by atoms with Crippen LogP contribution in [-0.4, -0.2) is 22.7 Å².